The summed E-state index contributed by atoms with van der Waals surface area (Å²) in [6, 6.07) is -0.799. The van der Waals surface area contributed by atoms with Crippen molar-refractivity contribution in [3.8, 4) is 0 Å². The number of carbonyl (C=O) groups excluding carboxylic acids is 1. The minimum Gasteiger partial charge on any atom is -0.334 e. The first kappa shape index (κ1) is 20.6. The lowest BCUT2D eigenvalue weighted by molar-refractivity contribution is -0.167. The monoisotopic (exact) mass is 399 g/mol. The Labute approximate surface area is 162 Å². The van der Waals surface area contributed by atoms with Gasteiger partial charge in [-0.1, -0.05) is 29.9 Å². The summed E-state index contributed by atoms with van der Waals surface area (Å²) in [7, 11) is 0. The van der Waals surface area contributed by atoms with Gasteiger partial charge in [0.05, 0.1) is 5.70 Å². The van der Waals surface area contributed by atoms with Crippen molar-refractivity contribution in [2.24, 2.45) is 5.92 Å². The third-order valence-electron chi connectivity index (χ3n) is 5.23. The van der Waals surface area contributed by atoms with Gasteiger partial charge in [0.15, 0.2) is 0 Å². The molecule has 2 unspecified atom stereocenters. The number of nitrogens with one attached hydrogen (secondary N) is 2. The number of nitrogens with zero attached hydrogens (tertiary/aromatic N) is 1. The number of hydrogen-bond acceptors (Lipinski definition) is 2. The van der Waals surface area contributed by atoms with Crippen molar-refractivity contribution in [2.75, 3.05) is 19.6 Å². The van der Waals surface area contributed by atoms with Crippen LogP contribution < -0.4 is 10.6 Å². The predicted molar refractivity (Wildman–Crippen MR) is 99.0 cm³/mol. The molecule has 0 bridgehead atoms. The maximum Gasteiger partial charge on any atom is 0.398 e. The van der Waals surface area contributed by atoms with E-state index in [1.54, 1.807) is 0 Å². The summed E-state index contributed by atoms with van der Waals surface area (Å²) in [6.45, 7) is 2.45. The lowest BCUT2D eigenvalue weighted by Gasteiger charge is -2.34. The third kappa shape index (κ3) is 5.47. The first-order valence-electron chi connectivity index (χ1n) is 9.60. The topological polar surface area (TPSA) is 44.4 Å². The molecular formula is C20H25F4N3O. The van der Waals surface area contributed by atoms with Crippen molar-refractivity contribution in [3.05, 3.63) is 47.5 Å². The summed E-state index contributed by atoms with van der Waals surface area (Å²) in [6.07, 6.45) is 7.37. The zero-order valence-corrected chi connectivity index (χ0v) is 15.6. The molecule has 1 heterocycles. The second kappa shape index (κ2) is 8.94. The second-order valence-electron chi connectivity index (χ2n) is 7.46. The highest BCUT2D eigenvalue weighted by atomic mass is 19.4. The molecule has 0 radical (unpaired) electrons. The largest absolute Gasteiger partial charge is 0.398 e. The van der Waals surface area contributed by atoms with Gasteiger partial charge in [-0.05, 0) is 44.7 Å². The van der Waals surface area contributed by atoms with Crippen molar-refractivity contribution in [1.29, 1.82) is 0 Å². The third-order valence-corrected chi connectivity index (χ3v) is 5.23. The van der Waals surface area contributed by atoms with Crippen LogP contribution in [-0.2, 0) is 0 Å². The molecule has 0 spiro atoms. The van der Waals surface area contributed by atoms with E-state index in [1.165, 1.54) is 17.7 Å². The van der Waals surface area contributed by atoms with Crippen molar-refractivity contribution in [1.82, 2.24) is 15.5 Å². The Hall–Kier alpha value is -2.09. The Kier molecular flexibility index (Phi) is 6.59. The van der Waals surface area contributed by atoms with Crippen LogP contribution in [0.15, 0.2) is 47.5 Å². The van der Waals surface area contributed by atoms with E-state index in [4.69, 9.17) is 0 Å². The van der Waals surface area contributed by atoms with Crippen molar-refractivity contribution >= 4 is 6.03 Å². The molecular weight excluding hydrogens is 374 g/mol. The van der Waals surface area contributed by atoms with Crippen LogP contribution in [0.5, 0.6) is 0 Å². The molecule has 4 nitrogen and oxygen atoms in total. The average molecular weight is 399 g/mol. The van der Waals surface area contributed by atoms with Gasteiger partial charge in [0.1, 0.15) is 11.7 Å². The highest BCUT2D eigenvalue weighted by Crippen LogP contribution is 2.38. The minimum absolute atomic E-state index is 0.122. The molecule has 2 amide bonds. The highest BCUT2D eigenvalue weighted by molar-refractivity contribution is 5.77. The van der Waals surface area contributed by atoms with Gasteiger partial charge in [0, 0.05) is 19.1 Å². The molecule has 28 heavy (non-hydrogen) atoms. The molecule has 1 saturated heterocycles. The molecule has 2 N–H and O–H groups in total. The first-order chi connectivity index (χ1) is 13.3. The average Bonchev–Trinajstić information content (AvgIpc) is 2.63. The van der Waals surface area contributed by atoms with E-state index in [2.05, 4.69) is 33.8 Å². The summed E-state index contributed by atoms with van der Waals surface area (Å²) >= 11 is 0. The van der Waals surface area contributed by atoms with Crippen LogP contribution in [-0.4, -0.2) is 42.8 Å². The van der Waals surface area contributed by atoms with Crippen molar-refractivity contribution in [3.63, 3.8) is 0 Å². The fraction of sp³-hybridized carbons (Fsp3) is 0.550. The number of rotatable bonds is 4. The Morgan fingerprint density at radius 1 is 1.29 bits per heavy atom. The van der Waals surface area contributed by atoms with Gasteiger partial charge < -0.3 is 10.6 Å². The number of amides is 2. The molecule has 2 aliphatic carbocycles. The van der Waals surface area contributed by atoms with E-state index < -0.39 is 36.1 Å². The van der Waals surface area contributed by atoms with E-state index in [0.717, 1.165) is 38.8 Å². The van der Waals surface area contributed by atoms with Crippen molar-refractivity contribution < 1.29 is 22.4 Å². The van der Waals surface area contributed by atoms with Crippen LogP contribution in [0.2, 0.25) is 0 Å². The zero-order valence-electron chi connectivity index (χ0n) is 15.6. The van der Waals surface area contributed by atoms with Gasteiger partial charge in [0.25, 0.3) is 0 Å². The smallest absolute Gasteiger partial charge is 0.334 e. The van der Waals surface area contributed by atoms with Crippen LogP contribution in [0.25, 0.3) is 0 Å². The molecule has 0 saturated carbocycles. The Balaban J connectivity index is 1.53. The van der Waals surface area contributed by atoms with Gasteiger partial charge in [-0.3, -0.25) is 4.90 Å². The van der Waals surface area contributed by atoms with Gasteiger partial charge in [-0.15, -0.1) is 0 Å². The number of piperidine rings is 1. The SMILES string of the molecule is O=C(NC1=C(F)C(C(F)(F)F)CC=C1)NC1CCCN(CC2=CC=CCC2)C1. The maximum atomic E-state index is 14.1. The van der Waals surface area contributed by atoms with Crippen LogP contribution >= 0.6 is 0 Å². The number of hydrogen-bond donors (Lipinski definition) is 2. The molecule has 154 valence electrons. The summed E-state index contributed by atoms with van der Waals surface area (Å²) in [4.78, 5) is 14.5. The molecule has 3 rings (SSSR count). The van der Waals surface area contributed by atoms with E-state index in [0.29, 0.717) is 6.54 Å². The zero-order chi connectivity index (χ0) is 20.1. The van der Waals surface area contributed by atoms with Gasteiger partial charge in [-0.2, -0.15) is 13.2 Å². The molecule has 0 aromatic carbocycles. The number of urea groups is 1. The highest BCUT2D eigenvalue weighted by Gasteiger charge is 2.44. The summed E-state index contributed by atoms with van der Waals surface area (Å²) in [5.74, 6) is -3.54. The summed E-state index contributed by atoms with van der Waals surface area (Å²) in [5, 5.41) is 5.01. The summed E-state index contributed by atoms with van der Waals surface area (Å²) in [5.41, 5.74) is 0.934. The number of carbonyl (C=O) groups is 1. The summed E-state index contributed by atoms with van der Waals surface area (Å²) < 4.78 is 52.7. The van der Waals surface area contributed by atoms with E-state index in [9.17, 15) is 22.4 Å². The fourth-order valence-electron chi connectivity index (χ4n) is 3.80. The minimum atomic E-state index is -4.68. The molecule has 1 fully saturated rings. The van der Waals surface area contributed by atoms with Crippen LogP contribution in [0.1, 0.15) is 32.1 Å². The van der Waals surface area contributed by atoms with E-state index in [-0.39, 0.29) is 6.04 Å². The molecule has 3 aliphatic rings. The number of alkyl halides is 3. The van der Waals surface area contributed by atoms with Gasteiger partial charge >= 0.3 is 12.2 Å². The molecule has 2 atom stereocenters. The number of likely N-dealkylation sites (tertiary alicyclic amines) is 1. The van der Waals surface area contributed by atoms with Crippen molar-refractivity contribution in [2.45, 2.75) is 44.3 Å². The maximum absolute atomic E-state index is 14.1. The predicted octanol–water partition coefficient (Wildman–Crippen LogP) is 4.35. The number of allylic oxidation sites excluding steroid dienone is 6. The number of halogens is 4. The lowest BCUT2D eigenvalue weighted by atomic mass is 9.97. The van der Waals surface area contributed by atoms with Crippen LogP contribution in [0.3, 0.4) is 0 Å². The van der Waals surface area contributed by atoms with Crippen LogP contribution in [0.4, 0.5) is 22.4 Å². The molecule has 0 aromatic heterocycles. The standard InChI is InChI=1S/C20H25F4N3O/c21-18-16(20(22,23)24)9-4-10-17(18)26-19(28)25-15-8-5-11-27(13-15)12-14-6-2-1-3-7-14/h1-2,4,6,10,15-16H,3,5,7-9,11-13H2,(H2,25,26,28). The van der Waals surface area contributed by atoms with E-state index >= 15 is 0 Å². The molecule has 8 heteroatoms. The van der Waals surface area contributed by atoms with Gasteiger partial charge in [-0.25, -0.2) is 9.18 Å². The van der Waals surface area contributed by atoms with Crippen LogP contribution in [0, 0.1) is 5.92 Å². The quantitative estimate of drug-likeness (QED) is 0.691. The van der Waals surface area contributed by atoms with E-state index in [1.807, 2.05) is 0 Å². The Morgan fingerprint density at radius 2 is 2.11 bits per heavy atom. The Bertz CT molecular complexity index is 709. The Morgan fingerprint density at radius 3 is 2.82 bits per heavy atom. The van der Waals surface area contributed by atoms with Gasteiger partial charge in [0.2, 0.25) is 0 Å². The first-order valence-corrected chi connectivity index (χ1v) is 9.60. The lowest BCUT2D eigenvalue weighted by Crippen LogP contribution is -2.50. The molecule has 1 aliphatic heterocycles. The normalized spacial score (nSPS) is 26.2. The second-order valence-corrected chi connectivity index (χ2v) is 7.46. The molecule has 0 aromatic rings. The fourth-order valence-corrected chi connectivity index (χ4v) is 3.80.